The molecule has 0 aliphatic heterocycles. The Morgan fingerprint density at radius 2 is 0.416 bits per heavy atom. The normalized spacial score (nSPS) is 11.3. The number of benzene rings is 21. The predicted octanol–water partition coefficient (Wildman–Crippen LogP) is 32.0. The van der Waals surface area contributed by atoms with Crippen molar-refractivity contribution in [3.63, 3.8) is 0 Å². The molecule has 5 heterocycles. The van der Waals surface area contributed by atoms with Crippen molar-refractivity contribution in [3.05, 3.63) is 522 Å². The summed E-state index contributed by atoms with van der Waals surface area (Å²) in [4.78, 5) is 20.5. The van der Waals surface area contributed by atoms with Gasteiger partial charge in [-0.25, -0.2) is 15.0 Å². The second-order valence-electron chi connectivity index (χ2n) is 33.9. The Kier molecular flexibility index (Phi) is 23.2. The molecule has 1 atom stereocenters. The summed E-state index contributed by atoms with van der Waals surface area (Å²) in [6, 6.07) is 185. The largest absolute Gasteiger partial charge is 0.310 e. The molecule has 5 aromatic heterocycles. The first-order chi connectivity index (χ1) is 68.0. The molecule has 0 saturated heterocycles. The number of para-hydroxylation sites is 15. The van der Waals surface area contributed by atoms with Crippen LogP contribution in [0, 0.1) is 0 Å². The molecule has 1 radical (unpaired) electrons. The number of anilines is 6. The molecular weight excluding hydrogens is 1880 g/mol. The number of fused-ring (bicyclic) bond motifs is 11. The third kappa shape index (κ3) is 16.1. The Hall–Kier alpha value is -16.9. The summed E-state index contributed by atoms with van der Waals surface area (Å²) in [6.07, 6.45) is 0. The summed E-state index contributed by atoms with van der Waals surface area (Å²) in [5, 5.41) is 10.0. The van der Waals surface area contributed by atoms with E-state index in [2.05, 4.69) is 518 Å². The maximum absolute atomic E-state index is 5.67. The second-order valence-corrected chi connectivity index (χ2v) is 33.9. The fourth-order valence-electron chi connectivity index (χ4n) is 19.7. The van der Waals surface area contributed by atoms with Crippen LogP contribution in [0.15, 0.2) is 522 Å². The van der Waals surface area contributed by atoms with Crippen LogP contribution < -0.4 is 9.80 Å². The molecule has 0 aliphatic carbocycles. The van der Waals surface area contributed by atoms with Crippen LogP contribution in [0.5, 0.6) is 0 Å². The monoisotopic (exact) mass is 1970 g/mol. The van der Waals surface area contributed by atoms with Gasteiger partial charge in [0, 0.05) is 100 Å². The molecule has 0 bridgehead atoms. The van der Waals surface area contributed by atoms with E-state index in [-0.39, 0.29) is 26.2 Å². The van der Waals surface area contributed by atoms with E-state index < -0.39 is 0 Å². The molecule has 10 nitrogen and oxygen atoms in total. The van der Waals surface area contributed by atoms with Crippen LogP contribution in [0.4, 0.5) is 34.1 Å². The Morgan fingerprint density at radius 3 is 0.737 bits per heavy atom. The SMILES string of the molecule is [3H]P.[BiH2].c1cc(-c2cccc(-n3c4ccccc4c4ccccc43)c2)cc(-n2c3ccccc3c3ccccc32)c1.c1ccc(-n2c(-c3cc(-c4nc5ccccc5n4-c4ccccc4)cc(-c4nc5ccccc5n4-c4ccccc4)c3)nc3ccccc32)cc1.c1ccc(N(c2ccc(-c3ccc(N(c4ccccc4)c4cccc5ccccc45)cc3)cc2)c2cccc3ccccc23)cc1. The van der Waals surface area contributed by atoms with E-state index in [0.717, 1.165) is 118 Å². The van der Waals surface area contributed by atoms with Crippen LogP contribution in [0.25, 0.3) is 183 Å². The van der Waals surface area contributed by atoms with Crippen LogP contribution in [0.1, 0.15) is 0 Å². The maximum atomic E-state index is 5.67. The zero-order chi connectivity index (χ0) is 91.5. The van der Waals surface area contributed by atoms with Crippen molar-refractivity contribution in [2.24, 2.45) is 0 Å². The van der Waals surface area contributed by atoms with Gasteiger partial charge in [-0.1, -0.05) is 322 Å². The van der Waals surface area contributed by atoms with Crippen molar-refractivity contribution < 1.29 is 0 Å². The van der Waals surface area contributed by atoms with Crippen molar-refractivity contribution in [3.8, 4) is 84.9 Å². The molecule has 1 unspecified atom stereocenters. The first-order valence-electron chi connectivity index (χ1n) is 46.4. The van der Waals surface area contributed by atoms with E-state index in [1.54, 1.807) is 9.84 Å². The second kappa shape index (κ2) is 37.6. The number of nitrogens with zero attached hydrogens (tertiary/aromatic N) is 10. The Labute approximate surface area is 817 Å². The number of aromatic nitrogens is 8. The summed E-state index contributed by atoms with van der Waals surface area (Å²) in [6.45, 7) is 0. The summed E-state index contributed by atoms with van der Waals surface area (Å²) in [5.74, 6) is 2.53. The number of hydrogen-bond acceptors (Lipinski definition) is 5. The van der Waals surface area contributed by atoms with Gasteiger partial charge in [0.25, 0.3) is 0 Å². The molecule has 0 amide bonds. The zero-order valence-corrected chi connectivity index (χ0v) is 80.4. The van der Waals surface area contributed by atoms with Gasteiger partial charge < -0.3 is 18.9 Å². The summed E-state index contributed by atoms with van der Waals surface area (Å²) >= 11 is 0. The van der Waals surface area contributed by atoms with Crippen molar-refractivity contribution in [2.45, 2.75) is 0 Å². The van der Waals surface area contributed by atoms with Gasteiger partial charge in [0.15, 0.2) is 0 Å². The number of imidazole rings is 3. The number of rotatable bonds is 16. The van der Waals surface area contributed by atoms with E-state index >= 15 is 0 Å². The molecule has 0 N–H and O–H groups in total. The van der Waals surface area contributed by atoms with Crippen LogP contribution in [-0.4, -0.2) is 65.3 Å². The fraction of sp³-hybridized carbons (Fsp3) is 0. The topological polar surface area (TPSA) is 69.8 Å². The minimum atomic E-state index is 0. The minimum absolute atomic E-state index is 0. The summed E-state index contributed by atoms with van der Waals surface area (Å²) in [7, 11) is 1.67. The molecule has 26 rings (SSSR count). The van der Waals surface area contributed by atoms with Gasteiger partial charge >= 0.3 is 26.2 Å². The molecule has 0 fully saturated rings. The zero-order valence-electron chi connectivity index (χ0n) is 75.8. The van der Waals surface area contributed by atoms with Crippen LogP contribution in [0.2, 0.25) is 0 Å². The average molecular weight is 1980 g/mol. The predicted molar refractivity (Wildman–Crippen MR) is 583 cm³/mol. The Morgan fingerprint density at radius 1 is 0.175 bits per heavy atom. The van der Waals surface area contributed by atoms with Gasteiger partial charge in [0.2, 0.25) is 0 Å². The molecule has 21 aromatic carbocycles. The Bertz CT molecular complexity index is 8130. The van der Waals surface area contributed by atoms with Gasteiger partial charge in [0.1, 0.15) is 17.5 Å². The molecular formula is C125H91BiN10P. The molecule has 0 saturated carbocycles. The third-order valence-corrected chi connectivity index (χ3v) is 25.8. The maximum Gasteiger partial charge on any atom is 0.145 e. The molecule has 0 spiro atoms. The third-order valence-electron chi connectivity index (χ3n) is 25.8. The summed E-state index contributed by atoms with van der Waals surface area (Å²) in [5.41, 5.74) is 30.7. The van der Waals surface area contributed by atoms with Crippen molar-refractivity contribution in [1.82, 2.24) is 37.8 Å². The summed E-state index contributed by atoms with van der Waals surface area (Å²) < 4.78 is 17.2. The van der Waals surface area contributed by atoms with Crippen molar-refractivity contribution in [1.29, 1.82) is 1.28 Å². The quantitative estimate of drug-likeness (QED) is 0.0712. The first kappa shape index (κ1) is 84.3. The molecule has 137 heavy (non-hydrogen) atoms. The molecule has 26 aromatic rings. The number of hydrogen-bond donors (Lipinski definition) is 0. The molecule has 12 heteroatoms. The van der Waals surface area contributed by atoms with Gasteiger partial charge in [-0.3, -0.25) is 13.7 Å². The Balaban J connectivity index is 0.000000119. The van der Waals surface area contributed by atoms with E-state index in [1.165, 1.54) is 98.8 Å². The van der Waals surface area contributed by atoms with Gasteiger partial charge in [-0.05, 0) is 233 Å². The van der Waals surface area contributed by atoms with Crippen LogP contribution in [-0.2, 0) is 0 Å². The van der Waals surface area contributed by atoms with Crippen molar-refractivity contribution in [2.75, 3.05) is 9.80 Å². The standard InChI is InChI=1S/C45H30N6.C44H32N2.C36H24N2.Bi.H3P.2H/c1-4-16-34(17-5-1)49-40-25-13-10-22-37(40)46-43(49)31-28-32(44-47-38-23-11-14-26-41(38)50(44)35-18-6-2-7-19-35)30-33(29-31)45-48-39-24-12-15-27-42(39)51(45)36-20-8-3-9-21-36;1-3-17-37(18-4-1)45(43-23-11-15-35-13-7-9-21-41(35)43)39-29-25-33(26-30-39)34-27-31-40(32-28-34)46(38-19-5-2-6-20-38)44-24-12-16-36-14-8-10-22-42(36)44;1-5-19-33-29(15-1)30-16-2-6-20-34(30)37(33)27-13-9-11-25(23-27)26-12-10-14-28(24-26)38-35-21-7-3-17-31(35)32-18-4-8-22-36(32)38;;;;/h1-30H;1-32H;1-24H;;1H3;;/i;;;;1T;;. The van der Waals surface area contributed by atoms with Gasteiger partial charge in [-0.2, -0.15) is 9.84 Å². The van der Waals surface area contributed by atoms with E-state index in [4.69, 9.17) is 16.2 Å². The van der Waals surface area contributed by atoms with E-state index in [1.807, 2.05) is 36.4 Å². The van der Waals surface area contributed by atoms with Crippen LogP contribution in [0.3, 0.4) is 0 Å². The minimum Gasteiger partial charge on any atom is -0.310 e. The molecule has 0 aliphatic rings. The van der Waals surface area contributed by atoms with Crippen molar-refractivity contribution >= 4 is 168 Å². The smallest absolute Gasteiger partial charge is 0.145 e. The van der Waals surface area contributed by atoms with Gasteiger partial charge in [0.05, 0.1) is 67.8 Å². The van der Waals surface area contributed by atoms with E-state index in [9.17, 15) is 0 Å². The first-order valence-corrected chi connectivity index (χ1v) is 45.8. The average Bonchev–Trinajstić information content (AvgIpc) is 1.76. The van der Waals surface area contributed by atoms with Gasteiger partial charge in [-0.15, -0.1) is 0 Å². The van der Waals surface area contributed by atoms with E-state index in [0.29, 0.717) is 0 Å². The molecule has 651 valence electrons. The van der Waals surface area contributed by atoms with Crippen LogP contribution >= 0.6 is 9.84 Å². The fourth-order valence-corrected chi connectivity index (χ4v) is 19.7.